The van der Waals surface area contributed by atoms with Crippen LogP contribution in [0.15, 0.2) is 0 Å². The summed E-state index contributed by atoms with van der Waals surface area (Å²) in [7, 11) is 0. The molecule has 0 unspecified atom stereocenters. The van der Waals surface area contributed by atoms with E-state index >= 15 is 0 Å². The zero-order chi connectivity index (χ0) is 3.58. The molecule has 0 aromatic heterocycles. The first kappa shape index (κ1) is 9.57. The molecule has 0 nitrogen and oxygen atoms in total. The third-order valence-corrected chi connectivity index (χ3v) is 0. The fraction of sp³-hybridized carbons (Fsp3) is 0. The van der Waals surface area contributed by atoms with Gasteiger partial charge in [0.15, 0.2) is 0 Å². The maximum atomic E-state index is 4.94. The molecule has 30 valence electrons. The van der Waals surface area contributed by atoms with Crippen molar-refractivity contribution in [3.63, 3.8) is 0 Å². The van der Waals surface area contributed by atoms with E-state index in [0.29, 0.717) is 0 Å². The highest BCUT2D eigenvalue weighted by Crippen LogP contribution is 1.97. The molecule has 0 saturated heterocycles. The summed E-state index contributed by atoms with van der Waals surface area (Å²) in [5.74, 6) is 0. The first-order valence-corrected chi connectivity index (χ1v) is 5.89. The summed E-state index contributed by atoms with van der Waals surface area (Å²) in [5, 5.41) is 0. The smallest absolute Gasteiger partial charge is 0.130 e. The molecule has 4 radical (unpaired) electrons. The molecule has 0 fully saturated rings. The predicted octanol–water partition coefficient (Wildman–Crippen LogP) is 1.04. The predicted molar refractivity (Wildman–Crippen MR) is 30.5 cm³/mol. The molecule has 0 rings (SSSR count). The van der Waals surface area contributed by atoms with Crippen LogP contribution in [0.3, 0.4) is 0 Å². The van der Waals surface area contributed by atoms with Crippen molar-refractivity contribution < 1.29 is 0 Å². The van der Waals surface area contributed by atoms with Crippen LogP contribution in [0.4, 0.5) is 0 Å². The summed E-state index contributed by atoms with van der Waals surface area (Å²) in [5.41, 5.74) is 0. The largest absolute Gasteiger partial charge is 0.326 e. The van der Waals surface area contributed by atoms with E-state index in [-0.39, 0.29) is 11.0 Å². The summed E-state index contributed by atoms with van der Waals surface area (Å²) in [6.07, 6.45) is 0. The topological polar surface area (TPSA) is 0 Å². The second-order valence-corrected chi connectivity index (χ2v) is 6.68. The van der Waals surface area contributed by atoms with E-state index in [2.05, 4.69) is 0 Å². The zero-order valence-electron chi connectivity index (χ0n) is 2.21. The van der Waals surface area contributed by atoms with Crippen LogP contribution in [0, 0.1) is 0 Å². The molecule has 0 aliphatic heterocycles. The van der Waals surface area contributed by atoms with Crippen LogP contribution in [-0.4, -0.2) is 17.7 Å². The lowest BCUT2D eigenvalue weighted by molar-refractivity contribution is 4.07. The average molecular weight is 164 g/mol. The Labute approximate surface area is 51.2 Å². The van der Waals surface area contributed by atoms with E-state index in [1.54, 1.807) is 0 Å². The standard InChI is InChI=1S/Cl3HSi.Si/c1-4(2)3;/h4H;. The molecule has 0 amide bonds. The molecule has 0 spiro atoms. The lowest BCUT2D eigenvalue weighted by Crippen LogP contribution is -1.66. The number of hydrogen-bond acceptors (Lipinski definition) is 0. The number of rotatable bonds is 0. The lowest BCUT2D eigenvalue weighted by Gasteiger charge is -1.65. The Kier molecular flexibility index (Phi) is 10.2. The van der Waals surface area contributed by atoms with Crippen molar-refractivity contribution in [1.82, 2.24) is 0 Å². The van der Waals surface area contributed by atoms with Crippen LogP contribution in [0.25, 0.3) is 0 Å². The number of halogens is 3. The Morgan fingerprint density at radius 3 is 1.00 bits per heavy atom. The van der Waals surface area contributed by atoms with Crippen molar-refractivity contribution in [2.45, 2.75) is 0 Å². The van der Waals surface area contributed by atoms with Gasteiger partial charge in [-0.05, 0) is 0 Å². The molecule has 0 aliphatic rings. The average Bonchev–Trinajstić information content (AvgIpc) is 0.811. The first-order chi connectivity index (χ1) is 1.73. The summed E-state index contributed by atoms with van der Waals surface area (Å²) in [6, 6.07) is 0. The summed E-state index contributed by atoms with van der Waals surface area (Å²) in [6.45, 7) is -1.72. The van der Waals surface area contributed by atoms with Gasteiger partial charge in [0.25, 0.3) is 0 Å². The molecule has 0 saturated carbocycles. The van der Waals surface area contributed by atoms with Gasteiger partial charge in [-0.2, -0.15) is 0 Å². The van der Waals surface area contributed by atoms with Gasteiger partial charge in [-0.15, -0.1) is 33.2 Å². The van der Waals surface area contributed by atoms with Gasteiger partial charge in [0.05, 0.1) is 0 Å². The third-order valence-electron chi connectivity index (χ3n) is 0. The van der Waals surface area contributed by atoms with Crippen molar-refractivity contribution in [2.75, 3.05) is 0 Å². The van der Waals surface area contributed by atoms with Crippen molar-refractivity contribution in [3.05, 3.63) is 0 Å². The summed E-state index contributed by atoms with van der Waals surface area (Å²) < 4.78 is 0. The Morgan fingerprint density at radius 2 is 1.00 bits per heavy atom. The third kappa shape index (κ3) is 34.1. The van der Waals surface area contributed by atoms with E-state index in [9.17, 15) is 0 Å². The van der Waals surface area contributed by atoms with Gasteiger partial charge >= 0.3 is 6.73 Å². The molecule has 5 heavy (non-hydrogen) atoms. The molecule has 0 aromatic carbocycles. The highest BCUT2D eigenvalue weighted by molar-refractivity contribution is 7.54. The van der Waals surface area contributed by atoms with Gasteiger partial charge in [0.2, 0.25) is 0 Å². The summed E-state index contributed by atoms with van der Waals surface area (Å²) >= 11 is 14.8. The van der Waals surface area contributed by atoms with Crippen LogP contribution < -0.4 is 0 Å². The van der Waals surface area contributed by atoms with E-state index in [4.69, 9.17) is 33.2 Å². The van der Waals surface area contributed by atoms with Gasteiger partial charge in [-0.25, -0.2) is 0 Å². The first-order valence-electron chi connectivity index (χ1n) is 0.655. The van der Waals surface area contributed by atoms with E-state index in [1.807, 2.05) is 0 Å². The molecule has 0 heterocycles. The van der Waals surface area contributed by atoms with Crippen LogP contribution in [-0.2, 0) is 0 Å². The molecule has 0 N–H and O–H groups in total. The molecular formula is HCl3Si2. The highest BCUT2D eigenvalue weighted by Gasteiger charge is 1.85. The van der Waals surface area contributed by atoms with Crippen molar-refractivity contribution in [2.24, 2.45) is 0 Å². The molecule has 0 aromatic rings. The minimum absolute atomic E-state index is 0. The van der Waals surface area contributed by atoms with Crippen LogP contribution in [0.5, 0.6) is 0 Å². The van der Waals surface area contributed by atoms with E-state index < -0.39 is 6.73 Å². The fourth-order valence-corrected chi connectivity index (χ4v) is 0. The molecule has 0 aliphatic carbocycles. The van der Waals surface area contributed by atoms with E-state index in [1.165, 1.54) is 0 Å². The highest BCUT2D eigenvalue weighted by atomic mass is 35.8. The Bertz CT molecular complexity index is 9.61. The van der Waals surface area contributed by atoms with Gasteiger partial charge in [-0.3, -0.25) is 0 Å². The van der Waals surface area contributed by atoms with Gasteiger partial charge in [-0.1, -0.05) is 0 Å². The summed E-state index contributed by atoms with van der Waals surface area (Å²) in [4.78, 5) is 0. The SMILES string of the molecule is Cl[SiH](Cl)Cl.[Si]. The maximum Gasteiger partial charge on any atom is 0.326 e. The van der Waals surface area contributed by atoms with Crippen molar-refractivity contribution >= 4 is 50.9 Å². The minimum atomic E-state index is -1.72. The zero-order valence-corrected chi connectivity index (χ0v) is 6.63. The van der Waals surface area contributed by atoms with Gasteiger partial charge < -0.3 is 0 Å². The molecule has 0 bridgehead atoms. The van der Waals surface area contributed by atoms with Crippen molar-refractivity contribution in [3.8, 4) is 0 Å². The maximum absolute atomic E-state index is 4.94. The number of hydrogen-bond donors (Lipinski definition) is 0. The monoisotopic (exact) mass is 162 g/mol. The normalized spacial score (nSPS) is 7.20. The second-order valence-electron chi connectivity index (χ2n) is 0.247. The quantitative estimate of drug-likeness (QED) is 0.370. The minimum Gasteiger partial charge on any atom is -0.130 e. The Balaban J connectivity index is 0. The van der Waals surface area contributed by atoms with Gasteiger partial charge in [0, 0.05) is 11.0 Å². The molecular weight excluding hydrogens is 163 g/mol. The Morgan fingerprint density at radius 1 is 1.00 bits per heavy atom. The van der Waals surface area contributed by atoms with E-state index in [0.717, 1.165) is 0 Å². The van der Waals surface area contributed by atoms with Gasteiger partial charge in [0.1, 0.15) is 0 Å². The fourth-order valence-electron chi connectivity index (χ4n) is 0. The second kappa shape index (κ2) is 5.30. The van der Waals surface area contributed by atoms with Crippen LogP contribution >= 0.6 is 33.2 Å². The molecule has 0 atom stereocenters. The Hall–Kier alpha value is 1.30. The van der Waals surface area contributed by atoms with Crippen LogP contribution in [0.1, 0.15) is 0 Å². The lowest BCUT2D eigenvalue weighted by atomic mass is 27.7. The van der Waals surface area contributed by atoms with Crippen molar-refractivity contribution in [1.29, 1.82) is 0 Å². The van der Waals surface area contributed by atoms with Crippen LogP contribution in [0.2, 0.25) is 0 Å². The molecule has 5 heteroatoms.